The summed E-state index contributed by atoms with van der Waals surface area (Å²) in [5.74, 6) is -7.90. The van der Waals surface area contributed by atoms with Crippen LogP contribution in [0.4, 0.5) is 0 Å². The van der Waals surface area contributed by atoms with Crippen LogP contribution < -0.4 is 5.73 Å². The Kier molecular flexibility index (Phi) is 4.57. The number of rotatable bonds is 2. The molecule has 1 aromatic rings. The van der Waals surface area contributed by atoms with Gasteiger partial charge in [-0.05, 0) is 39.1 Å². The Morgan fingerprint density at radius 3 is 2.34 bits per heavy atom. The summed E-state index contributed by atoms with van der Waals surface area (Å²) >= 11 is 0. The molecule has 0 saturated heterocycles. The van der Waals surface area contributed by atoms with Crippen LogP contribution in [0, 0.1) is 11.8 Å². The molecule has 1 amide bonds. The van der Waals surface area contributed by atoms with E-state index in [4.69, 9.17) is 5.73 Å². The molecule has 0 spiro atoms. The first-order valence-corrected chi connectivity index (χ1v) is 9.97. The highest BCUT2D eigenvalue weighted by molar-refractivity contribution is 6.24. The number of benzene rings is 1. The van der Waals surface area contributed by atoms with Crippen molar-refractivity contribution in [1.82, 2.24) is 4.90 Å². The molecular formula is C22H24N2O8. The predicted octanol–water partition coefficient (Wildman–Crippen LogP) is -0.371. The second-order valence-electron chi connectivity index (χ2n) is 8.96. The maximum Gasteiger partial charge on any atom is 0.255 e. The molecule has 5 atom stereocenters. The highest BCUT2D eigenvalue weighted by Crippen LogP contribution is 2.57. The second kappa shape index (κ2) is 6.64. The molecule has 1 aromatic carbocycles. The number of nitrogens with two attached hydrogens (primary N) is 1. The van der Waals surface area contributed by atoms with Gasteiger partial charge >= 0.3 is 0 Å². The van der Waals surface area contributed by atoms with E-state index in [0.29, 0.717) is 0 Å². The molecule has 0 aromatic heterocycles. The number of carbonyl (C=O) groups is 3. The molecule has 10 heteroatoms. The lowest BCUT2D eigenvalue weighted by Crippen LogP contribution is -2.67. The summed E-state index contributed by atoms with van der Waals surface area (Å²) in [5.41, 5.74) is -0.548. The Labute approximate surface area is 182 Å². The van der Waals surface area contributed by atoms with E-state index in [1.807, 2.05) is 0 Å². The minimum Gasteiger partial charge on any atom is -0.508 e. The molecule has 1 saturated carbocycles. The number of carbonyl (C=O) groups excluding carboxylic acids is 3. The highest BCUT2D eigenvalue weighted by atomic mass is 16.3. The van der Waals surface area contributed by atoms with Crippen molar-refractivity contribution in [1.29, 1.82) is 0 Å². The SMILES string of the molecule is CN(C)[C@@H]1C(=O)C(C(N)=O)=C(O)[C@]2(O)C(=O)C3=C(O)c4c(O)cccc4[C@@](C)(O)[C@H]3C[C@H]12. The van der Waals surface area contributed by atoms with Gasteiger partial charge in [-0.1, -0.05) is 12.1 Å². The number of aliphatic hydroxyl groups excluding tert-OH is 2. The number of amides is 1. The van der Waals surface area contributed by atoms with E-state index >= 15 is 0 Å². The third kappa shape index (κ3) is 2.48. The smallest absolute Gasteiger partial charge is 0.255 e. The van der Waals surface area contributed by atoms with Crippen molar-refractivity contribution in [3.8, 4) is 5.75 Å². The van der Waals surface area contributed by atoms with Crippen molar-refractivity contribution < 1.29 is 39.9 Å². The first-order chi connectivity index (χ1) is 14.8. The number of likely N-dealkylation sites (N-methyl/N-ethyl adjacent to an activating group) is 1. The summed E-state index contributed by atoms with van der Waals surface area (Å²) in [6.45, 7) is 1.40. The maximum atomic E-state index is 13.7. The Bertz CT molecular complexity index is 1150. The number of primary amides is 1. The topological polar surface area (TPSA) is 182 Å². The molecule has 0 unspecified atom stereocenters. The monoisotopic (exact) mass is 444 g/mol. The lowest BCUT2D eigenvalue weighted by Gasteiger charge is -2.53. The molecule has 4 rings (SSSR count). The normalized spacial score (nSPS) is 34.4. The highest BCUT2D eigenvalue weighted by Gasteiger charge is 2.66. The average Bonchev–Trinajstić information content (AvgIpc) is 2.68. The van der Waals surface area contributed by atoms with Crippen molar-refractivity contribution in [2.45, 2.75) is 30.6 Å². The van der Waals surface area contributed by atoms with E-state index in [1.54, 1.807) is 0 Å². The number of phenolic OH excluding ortho intramolecular Hbond substituents is 1. The van der Waals surface area contributed by atoms with Crippen molar-refractivity contribution in [3.05, 3.63) is 46.2 Å². The van der Waals surface area contributed by atoms with E-state index < -0.39 is 75.0 Å². The van der Waals surface area contributed by atoms with Crippen molar-refractivity contribution >= 4 is 23.2 Å². The Morgan fingerprint density at radius 2 is 1.78 bits per heavy atom. The largest absolute Gasteiger partial charge is 0.508 e. The molecule has 1 fully saturated rings. The van der Waals surface area contributed by atoms with E-state index in [2.05, 4.69) is 0 Å². The van der Waals surface area contributed by atoms with Gasteiger partial charge in [0.2, 0.25) is 5.78 Å². The molecule has 10 nitrogen and oxygen atoms in total. The van der Waals surface area contributed by atoms with Crippen LogP contribution in [0.1, 0.15) is 24.5 Å². The molecule has 32 heavy (non-hydrogen) atoms. The number of nitrogens with zero attached hydrogens (tertiary/aromatic N) is 1. The van der Waals surface area contributed by atoms with Gasteiger partial charge in [0.25, 0.3) is 5.91 Å². The number of hydrogen-bond acceptors (Lipinski definition) is 9. The van der Waals surface area contributed by atoms with Crippen LogP contribution in [0.3, 0.4) is 0 Å². The van der Waals surface area contributed by atoms with Gasteiger partial charge in [0.1, 0.15) is 22.8 Å². The molecule has 3 aliphatic rings. The average molecular weight is 444 g/mol. The minimum absolute atomic E-state index is 0.170. The van der Waals surface area contributed by atoms with E-state index in [0.717, 1.165) is 0 Å². The van der Waals surface area contributed by atoms with Crippen LogP contribution in [-0.2, 0) is 20.0 Å². The lowest BCUT2D eigenvalue weighted by molar-refractivity contribution is -0.159. The fraction of sp³-hybridized carbons (Fsp3) is 0.409. The summed E-state index contributed by atoms with van der Waals surface area (Å²) < 4.78 is 0. The van der Waals surface area contributed by atoms with Crippen LogP contribution in [0.2, 0.25) is 0 Å². The molecule has 0 radical (unpaired) electrons. The third-order valence-electron chi connectivity index (χ3n) is 7.02. The van der Waals surface area contributed by atoms with E-state index in [9.17, 15) is 39.9 Å². The van der Waals surface area contributed by atoms with Crippen molar-refractivity contribution in [2.75, 3.05) is 14.1 Å². The number of Topliss-reactive ketones (excluding diaryl/α,β-unsaturated/α-hetero) is 2. The molecule has 0 heterocycles. The zero-order valence-electron chi connectivity index (χ0n) is 17.7. The van der Waals surface area contributed by atoms with Gasteiger partial charge in [-0.3, -0.25) is 19.3 Å². The third-order valence-corrected chi connectivity index (χ3v) is 7.02. The summed E-state index contributed by atoms with van der Waals surface area (Å²) in [6.07, 6.45) is -0.200. The first kappa shape index (κ1) is 22.0. The standard InChI is InChI=1S/C22H24N2O8/c1-21(31)8-5-4-6-11(25)12(8)16(26)13-9(21)7-10-15(24(2)3)17(27)14(20(23)30)19(29)22(10,32)18(13)28/h4-6,9-10,15,25-26,29,31-32H,7H2,1-3H3,(H2,23,30)/t9-,10+,15-,21+,22+/m0/s1. The number of fused-ring (bicyclic) bond motifs is 3. The molecular weight excluding hydrogens is 420 g/mol. The van der Waals surface area contributed by atoms with Gasteiger partial charge in [-0.15, -0.1) is 0 Å². The fourth-order valence-corrected chi connectivity index (χ4v) is 5.50. The van der Waals surface area contributed by atoms with Crippen molar-refractivity contribution in [3.63, 3.8) is 0 Å². The number of ketones is 2. The van der Waals surface area contributed by atoms with Gasteiger partial charge < -0.3 is 31.3 Å². The summed E-state index contributed by atoms with van der Waals surface area (Å²) in [6, 6.07) is 3.02. The lowest BCUT2D eigenvalue weighted by atomic mass is 9.54. The molecule has 7 N–H and O–H groups in total. The molecule has 0 aliphatic heterocycles. The summed E-state index contributed by atoms with van der Waals surface area (Å²) in [7, 11) is 3.01. The van der Waals surface area contributed by atoms with Crippen LogP contribution in [0.5, 0.6) is 5.75 Å². The summed E-state index contributed by atoms with van der Waals surface area (Å²) in [5, 5.41) is 54.9. The van der Waals surface area contributed by atoms with Crippen molar-refractivity contribution in [2.24, 2.45) is 17.6 Å². The molecule has 0 bridgehead atoms. The quantitative estimate of drug-likeness (QED) is 0.332. The van der Waals surface area contributed by atoms with Gasteiger partial charge in [-0.25, -0.2) is 0 Å². The zero-order chi connectivity index (χ0) is 23.9. The van der Waals surface area contributed by atoms with Crippen LogP contribution in [-0.4, -0.2) is 73.6 Å². The van der Waals surface area contributed by atoms with Gasteiger partial charge in [0.15, 0.2) is 11.4 Å². The fourth-order valence-electron chi connectivity index (χ4n) is 5.50. The summed E-state index contributed by atoms with van der Waals surface area (Å²) in [4.78, 5) is 40.0. The van der Waals surface area contributed by atoms with Crippen LogP contribution in [0.25, 0.3) is 5.76 Å². The Morgan fingerprint density at radius 1 is 1.16 bits per heavy atom. The maximum absolute atomic E-state index is 13.7. The van der Waals surface area contributed by atoms with E-state index in [1.165, 1.54) is 44.1 Å². The number of phenols is 1. The number of hydrogen-bond donors (Lipinski definition) is 6. The predicted molar refractivity (Wildman–Crippen MR) is 110 cm³/mol. The minimum atomic E-state index is -2.75. The Hall–Kier alpha value is -3.21. The first-order valence-electron chi connectivity index (χ1n) is 9.97. The van der Waals surface area contributed by atoms with Gasteiger partial charge in [0, 0.05) is 17.4 Å². The van der Waals surface area contributed by atoms with Crippen LogP contribution >= 0.6 is 0 Å². The molecule has 170 valence electrons. The van der Waals surface area contributed by atoms with Crippen LogP contribution in [0.15, 0.2) is 35.1 Å². The van der Waals surface area contributed by atoms with E-state index in [-0.39, 0.29) is 17.5 Å². The van der Waals surface area contributed by atoms with Gasteiger partial charge in [0.05, 0.1) is 17.2 Å². The van der Waals surface area contributed by atoms with Gasteiger partial charge in [-0.2, -0.15) is 0 Å². The zero-order valence-corrected chi connectivity index (χ0v) is 17.7. The Balaban J connectivity index is 2.05. The molecule has 3 aliphatic carbocycles. The number of aromatic hydroxyl groups is 1. The number of aliphatic hydroxyl groups is 4. The second-order valence-corrected chi connectivity index (χ2v) is 8.96.